The van der Waals surface area contributed by atoms with Crippen molar-refractivity contribution < 1.29 is 18.9 Å². The van der Waals surface area contributed by atoms with Crippen molar-refractivity contribution in [2.75, 3.05) is 6.61 Å². The summed E-state index contributed by atoms with van der Waals surface area (Å²) in [6.45, 7) is 8.56. The summed E-state index contributed by atoms with van der Waals surface area (Å²) in [7, 11) is 0.611. The van der Waals surface area contributed by atoms with Gasteiger partial charge in [0.05, 0.1) is 15.7 Å². The van der Waals surface area contributed by atoms with Crippen LogP contribution in [0.15, 0.2) is 12.1 Å². The second-order valence-electron chi connectivity index (χ2n) is 7.89. The van der Waals surface area contributed by atoms with E-state index in [0.717, 1.165) is 73.6 Å². The number of ketones is 1. The number of Topliss-reactive ketones (excluding diaryl/α,β-unsaturated/α-hetero) is 1. The number of carbonyl (C=O) groups is 2. The lowest BCUT2D eigenvalue weighted by molar-refractivity contribution is -0.148. The Hall–Kier alpha value is -1.41. The molecule has 5 heteroatoms. The standard InChI is InChI=1S/C23H34O3.H3OP/c1-5-6-7-10-13-26-23(25)21(19-11-8-9-12-19)22(24)20-17(3)14-16(2)15-18(20)4;1-2/h14-15,19,21H,5-13H2,1-4H3;2H3. The molecule has 1 aromatic rings. The monoisotopic (exact) mass is 408 g/mol. The van der Waals surface area contributed by atoms with Crippen molar-refractivity contribution in [3.63, 3.8) is 0 Å². The van der Waals surface area contributed by atoms with Crippen molar-refractivity contribution in [1.82, 2.24) is 0 Å². The Morgan fingerprint density at radius 3 is 2.14 bits per heavy atom. The van der Waals surface area contributed by atoms with Gasteiger partial charge in [-0.25, -0.2) is 0 Å². The lowest BCUT2D eigenvalue weighted by atomic mass is 9.82. The van der Waals surface area contributed by atoms with E-state index in [1.54, 1.807) is 0 Å². The molecule has 28 heavy (non-hydrogen) atoms. The third-order valence-corrected chi connectivity index (χ3v) is 5.57. The summed E-state index contributed by atoms with van der Waals surface area (Å²) >= 11 is 0. The van der Waals surface area contributed by atoms with Crippen LogP contribution in [0.25, 0.3) is 0 Å². The van der Waals surface area contributed by atoms with Gasteiger partial charge in [0.1, 0.15) is 5.92 Å². The summed E-state index contributed by atoms with van der Waals surface area (Å²) in [6, 6.07) is 4.06. The molecule has 0 spiro atoms. The number of benzene rings is 1. The van der Waals surface area contributed by atoms with Gasteiger partial charge < -0.3 is 9.30 Å². The fraction of sp³-hybridized carbons (Fsp3) is 0.652. The molecule has 0 aromatic heterocycles. The van der Waals surface area contributed by atoms with E-state index >= 15 is 0 Å². The zero-order valence-electron chi connectivity index (χ0n) is 18.0. The van der Waals surface area contributed by atoms with Gasteiger partial charge in [0.15, 0.2) is 5.78 Å². The normalized spacial score (nSPS) is 15.0. The van der Waals surface area contributed by atoms with Crippen LogP contribution in [0.5, 0.6) is 0 Å². The SMILES string of the molecule is CCCCCCOC(=O)C(C(=O)c1c(C)cc(C)cc1C)C1CCCC1.O=[PH3]. The molecule has 0 N–H and O–H groups in total. The van der Waals surface area contributed by atoms with Crippen LogP contribution in [0, 0.1) is 32.6 Å². The van der Waals surface area contributed by atoms with Crippen LogP contribution in [-0.2, 0) is 14.1 Å². The summed E-state index contributed by atoms with van der Waals surface area (Å²) in [5.74, 6) is -0.849. The smallest absolute Gasteiger partial charge is 0.317 e. The van der Waals surface area contributed by atoms with Crippen molar-refractivity contribution in [2.45, 2.75) is 79.1 Å². The predicted molar refractivity (Wildman–Crippen MR) is 117 cm³/mol. The second kappa shape index (κ2) is 12.9. The minimum Gasteiger partial charge on any atom is -0.465 e. The lowest BCUT2D eigenvalue weighted by Crippen LogP contribution is -2.33. The lowest BCUT2D eigenvalue weighted by Gasteiger charge is -2.23. The Bertz CT molecular complexity index is 627. The maximum atomic E-state index is 13.4. The first-order chi connectivity index (χ1) is 13.5. The average Bonchev–Trinajstić information content (AvgIpc) is 3.16. The molecule has 1 fully saturated rings. The van der Waals surface area contributed by atoms with Gasteiger partial charge in [-0.05, 0) is 57.1 Å². The van der Waals surface area contributed by atoms with Gasteiger partial charge in [0.25, 0.3) is 0 Å². The van der Waals surface area contributed by atoms with Crippen LogP contribution in [0.1, 0.15) is 85.3 Å². The Kier molecular flexibility index (Phi) is 11.4. The Morgan fingerprint density at radius 1 is 1.04 bits per heavy atom. The first-order valence-electron chi connectivity index (χ1n) is 10.5. The van der Waals surface area contributed by atoms with Gasteiger partial charge in [0, 0.05) is 5.56 Å². The third-order valence-electron chi connectivity index (χ3n) is 5.57. The van der Waals surface area contributed by atoms with Crippen LogP contribution >= 0.6 is 9.12 Å². The average molecular weight is 409 g/mol. The third kappa shape index (κ3) is 6.88. The van der Waals surface area contributed by atoms with Crippen molar-refractivity contribution in [3.05, 3.63) is 34.4 Å². The number of esters is 1. The Labute approximate surface area is 172 Å². The van der Waals surface area contributed by atoms with E-state index in [2.05, 4.69) is 6.92 Å². The number of aryl methyl sites for hydroxylation is 3. The Balaban J connectivity index is 0.00000190. The highest BCUT2D eigenvalue weighted by molar-refractivity contribution is 7.00. The second-order valence-corrected chi connectivity index (χ2v) is 7.89. The van der Waals surface area contributed by atoms with Gasteiger partial charge in [-0.2, -0.15) is 0 Å². The molecular formula is C23H37O4P. The van der Waals surface area contributed by atoms with Crippen molar-refractivity contribution in [1.29, 1.82) is 0 Å². The number of hydrogen-bond donors (Lipinski definition) is 0. The minimum absolute atomic E-state index is 0.0366. The first-order valence-corrected chi connectivity index (χ1v) is 11.1. The molecule has 0 saturated heterocycles. The van der Waals surface area contributed by atoms with Crippen molar-refractivity contribution >= 4 is 20.9 Å². The van der Waals surface area contributed by atoms with Crippen LogP contribution < -0.4 is 0 Å². The zero-order chi connectivity index (χ0) is 21.1. The molecule has 2 rings (SSSR count). The summed E-state index contributed by atoms with van der Waals surface area (Å²) in [5, 5.41) is 0. The zero-order valence-corrected chi connectivity index (χ0v) is 19.4. The van der Waals surface area contributed by atoms with E-state index in [1.807, 2.05) is 32.9 Å². The van der Waals surface area contributed by atoms with E-state index in [4.69, 9.17) is 9.30 Å². The number of ether oxygens (including phenoxy) is 1. The predicted octanol–water partition coefficient (Wildman–Crippen LogP) is 5.66. The number of hydrogen-bond acceptors (Lipinski definition) is 4. The highest BCUT2D eigenvalue weighted by Gasteiger charge is 2.38. The van der Waals surface area contributed by atoms with E-state index < -0.39 is 5.92 Å². The number of rotatable bonds is 9. The van der Waals surface area contributed by atoms with Crippen LogP contribution in [-0.4, -0.2) is 18.4 Å². The molecule has 1 saturated carbocycles. The molecule has 0 amide bonds. The summed E-state index contributed by atoms with van der Waals surface area (Å²) in [6.07, 6.45) is 8.37. The van der Waals surface area contributed by atoms with E-state index in [1.165, 1.54) is 0 Å². The molecule has 2 atom stereocenters. The van der Waals surface area contributed by atoms with E-state index in [9.17, 15) is 9.59 Å². The first kappa shape index (κ1) is 24.6. The maximum absolute atomic E-state index is 13.4. The fourth-order valence-corrected chi connectivity index (χ4v) is 4.32. The van der Waals surface area contributed by atoms with E-state index in [0.29, 0.717) is 15.7 Å². The summed E-state index contributed by atoms with van der Waals surface area (Å²) in [5.41, 5.74) is 3.79. The number of carbonyl (C=O) groups excluding carboxylic acids is 2. The molecule has 158 valence electrons. The molecule has 1 aliphatic carbocycles. The summed E-state index contributed by atoms with van der Waals surface area (Å²) in [4.78, 5) is 26.2. The molecule has 2 unspecified atom stereocenters. The van der Waals surface area contributed by atoms with Crippen LogP contribution in [0.2, 0.25) is 0 Å². The Morgan fingerprint density at radius 2 is 1.61 bits per heavy atom. The van der Waals surface area contributed by atoms with E-state index in [-0.39, 0.29) is 17.7 Å². The molecule has 0 radical (unpaired) electrons. The molecule has 0 bridgehead atoms. The molecule has 4 nitrogen and oxygen atoms in total. The molecule has 0 heterocycles. The number of unbranched alkanes of at least 4 members (excludes halogenated alkanes) is 3. The molecule has 1 aromatic carbocycles. The van der Waals surface area contributed by atoms with Gasteiger partial charge in [-0.1, -0.05) is 56.7 Å². The highest BCUT2D eigenvalue weighted by Crippen LogP contribution is 2.35. The molecule has 1 aliphatic rings. The van der Waals surface area contributed by atoms with Crippen LogP contribution in [0.4, 0.5) is 0 Å². The largest absolute Gasteiger partial charge is 0.465 e. The topological polar surface area (TPSA) is 60.4 Å². The molecule has 0 aliphatic heterocycles. The summed E-state index contributed by atoms with van der Waals surface area (Å²) < 4.78 is 13.8. The molecular weight excluding hydrogens is 371 g/mol. The maximum Gasteiger partial charge on any atom is 0.317 e. The highest BCUT2D eigenvalue weighted by atomic mass is 31.0. The van der Waals surface area contributed by atoms with Gasteiger partial charge >= 0.3 is 5.97 Å². The fourth-order valence-electron chi connectivity index (χ4n) is 4.32. The van der Waals surface area contributed by atoms with Gasteiger partial charge in [-0.3, -0.25) is 9.59 Å². The quantitative estimate of drug-likeness (QED) is 0.174. The van der Waals surface area contributed by atoms with Gasteiger partial charge in [-0.15, -0.1) is 0 Å². The van der Waals surface area contributed by atoms with Gasteiger partial charge in [0.2, 0.25) is 0 Å². The minimum atomic E-state index is -0.635. The van der Waals surface area contributed by atoms with Crippen molar-refractivity contribution in [2.24, 2.45) is 11.8 Å². The van der Waals surface area contributed by atoms with Crippen molar-refractivity contribution in [3.8, 4) is 0 Å². The van der Waals surface area contributed by atoms with Crippen LogP contribution in [0.3, 0.4) is 0 Å².